The maximum absolute atomic E-state index is 10.4. The van der Waals surface area contributed by atoms with Crippen molar-refractivity contribution in [1.82, 2.24) is 9.38 Å². The number of carbonyl (C=O) groups is 1. The van der Waals surface area contributed by atoms with E-state index in [-0.39, 0.29) is 36.2 Å². The number of carboxylic acids is 1. The van der Waals surface area contributed by atoms with Gasteiger partial charge in [0.05, 0.1) is 19.2 Å². The molecule has 0 saturated heterocycles. The third-order valence-corrected chi connectivity index (χ3v) is 3.59. The Hall–Kier alpha value is -1.62. The van der Waals surface area contributed by atoms with E-state index in [2.05, 4.69) is 16.8 Å². The second-order valence-corrected chi connectivity index (χ2v) is 5.24. The molecule has 0 unspecified atom stereocenters. The summed E-state index contributed by atoms with van der Waals surface area (Å²) in [4.78, 5) is 14.9. The topological polar surface area (TPSA) is 66.7 Å². The van der Waals surface area contributed by atoms with Crippen LogP contribution in [-0.2, 0) is 16.1 Å². The number of rotatable bonds is 4. The summed E-state index contributed by atoms with van der Waals surface area (Å²) in [7, 11) is 0. The first kappa shape index (κ1) is 17.7. The molecule has 0 N–H and O–H groups in total. The standard InChI is InChI=1S/C16H12N2O3S.Na/c19-16(20)10-21-9-13-14(5-4-12-6-8-22-11-12)18-7-2-1-3-15(18)17-13;/h1-3,6-8,11H,9-10H2,(H,19,20);/q;+1/p-1. The van der Waals surface area contributed by atoms with Crippen molar-refractivity contribution in [3.8, 4) is 11.8 Å². The van der Waals surface area contributed by atoms with Crippen molar-refractivity contribution in [3.63, 3.8) is 0 Å². The van der Waals surface area contributed by atoms with E-state index >= 15 is 0 Å². The zero-order chi connectivity index (χ0) is 15.4. The second-order valence-electron chi connectivity index (χ2n) is 4.46. The average Bonchev–Trinajstić information content (AvgIpc) is 3.12. The van der Waals surface area contributed by atoms with E-state index in [9.17, 15) is 9.90 Å². The Labute approximate surface area is 159 Å². The minimum Gasteiger partial charge on any atom is -0.548 e. The zero-order valence-electron chi connectivity index (χ0n) is 12.5. The van der Waals surface area contributed by atoms with Crippen LogP contribution in [0.25, 0.3) is 5.65 Å². The van der Waals surface area contributed by atoms with Gasteiger partial charge in [-0.2, -0.15) is 11.3 Å². The summed E-state index contributed by atoms with van der Waals surface area (Å²) in [5, 5.41) is 14.4. The first-order chi connectivity index (χ1) is 10.7. The largest absolute Gasteiger partial charge is 1.00 e. The van der Waals surface area contributed by atoms with Gasteiger partial charge in [0, 0.05) is 17.1 Å². The molecule has 0 fully saturated rings. The molecule has 3 heterocycles. The summed E-state index contributed by atoms with van der Waals surface area (Å²) in [6, 6.07) is 7.56. The molecule has 5 nitrogen and oxygen atoms in total. The molecule has 3 aromatic heterocycles. The third kappa shape index (κ3) is 4.44. The summed E-state index contributed by atoms with van der Waals surface area (Å²) < 4.78 is 6.94. The SMILES string of the molecule is O=C([O-])COCc1nc2ccccn2c1C#Cc1ccsc1.[Na+]. The number of carbonyl (C=O) groups excluding carboxylic acids is 1. The van der Waals surface area contributed by atoms with E-state index in [0.717, 1.165) is 11.2 Å². The van der Waals surface area contributed by atoms with Crippen molar-refractivity contribution in [2.45, 2.75) is 6.61 Å². The molecule has 0 radical (unpaired) electrons. The number of thiophene rings is 1. The van der Waals surface area contributed by atoms with E-state index in [1.807, 2.05) is 45.6 Å². The number of pyridine rings is 1. The van der Waals surface area contributed by atoms with Crippen LogP contribution in [0.5, 0.6) is 0 Å². The molecule has 0 aliphatic rings. The third-order valence-electron chi connectivity index (χ3n) is 2.91. The fourth-order valence-electron chi connectivity index (χ4n) is 1.98. The average molecular weight is 334 g/mol. The summed E-state index contributed by atoms with van der Waals surface area (Å²) in [6.45, 7) is -0.394. The molecular weight excluding hydrogens is 323 g/mol. The molecule has 0 spiro atoms. The van der Waals surface area contributed by atoms with Crippen LogP contribution in [0.15, 0.2) is 41.2 Å². The molecule has 0 bridgehead atoms. The molecule has 23 heavy (non-hydrogen) atoms. The maximum atomic E-state index is 10.4. The van der Waals surface area contributed by atoms with Gasteiger partial charge in [0.1, 0.15) is 17.0 Å². The van der Waals surface area contributed by atoms with Crippen LogP contribution < -0.4 is 34.7 Å². The van der Waals surface area contributed by atoms with Crippen LogP contribution in [0.2, 0.25) is 0 Å². The van der Waals surface area contributed by atoms with Gasteiger partial charge < -0.3 is 14.6 Å². The first-order valence-corrected chi connectivity index (χ1v) is 7.46. The number of aromatic nitrogens is 2. The van der Waals surface area contributed by atoms with Crippen molar-refractivity contribution >= 4 is 23.0 Å². The summed E-state index contributed by atoms with van der Waals surface area (Å²) >= 11 is 1.58. The molecule has 0 atom stereocenters. The Morgan fingerprint density at radius 2 is 2.22 bits per heavy atom. The normalized spacial score (nSPS) is 9.91. The smallest absolute Gasteiger partial charge is 0.548 e. The van der Waals surface area contributed by atoms with Crippen molar-refractivity contribution < 1.29 is 44.2 Å². The molecule has 0 saturated carbocycles. The van der Waals surface area contributed by atoms with E-state index in [4.69, 9.17) is 4.74 Å². The fraction of sp³-hybridized carbons (Fsp3) is 0.125. The molecule has 110 valence electrons. The number of hydrogen-bond donors (Lipinski definition) is 0. The van der Waals surface area contributed by atoms with Gasteiger partial charge in [-0.1, -0.05) is 12.0 Å². The van der Waals surface area contributed by atoms with E-state index in [1.165, 1.54) is 0 Å². The molecular formula is C16H11N2NaO3S. The van der Waals surface area contributed by atoms with Crippen LogP contribution in [-0.4, -0.2) is 22.0 Å². The molecule has 7 heteroatoms. The number of imidazole rings is 1. The number of carboxylic acid groups (broad SMARTS) is 1. The van der Waals surface area contributed by atoms with E-state index in [1.54, 1.807) is 11.3 Å². The van der Waals surface area contributed by atoms with Crippen molar-refractivity contribution in [3.05, 3.63) is 58.2 Å². The van der Waals surface area contributed by atoms with Crippen LogP contribution in [0.4, 0.5) is 0 Å². The monoisotopic (exact) mass is 334 g/mol. The predicted molar refractivity (Wildman–Crippen MR) is 80.2 cm³/mol. The fourth-order valence-corrected chi connectivity index (χ4v) is 2.56. The van der Waals surface area contributed by atoms with Crippen LogP contribution >= 0.6 is 11.3 Å². The zero-order valence-corrected chi connectivity index (χ0v) is 15.3. The Balaban J connectivity index is 0.00000192. The van der Waals surface area contributed by atoms with E-state index in [0.29, 0.717) is 11.4 Å². The van der Waals surface area contributed by atoms with Gasteiger partial charge in [-0.25, -0.2) is 4.98 Å². The van der Waals surface area contributed by atoms with Crippen molar-refractivity contribution in [2.24, 2.45) is 0 Å². The van der Waals surface area contributed by atoms with Gasteiger partial charge in [-0.3, -0.25) is 4.40 Å². The van der Waals surface area contributed by atoms with Gasteiger partial charge in [0.2, 0.25) is 0 Å². The summed E-state index contributed by atoms with van der Waals surface area (Å²) in [5.41, 5.74) is 2.97. The Morgan fingerprint density at radius 1 is 1.35 bits per heavy atom. The Morgan fingerprint density at radius 3 is 2.96 bits per heavy atom. The minimum atomic E-state index is -1.25. The number of nitrogens with zero attached hydrogens (tertiary/aromatic N) is 2. The van der Waals surface area contributed by atoms with Crippen LogP contribution in [0.1, 0.15) is 17.0 Å². The van der Waals surface area contributed by atoms with Crippen LogP contribution in [0.3, 0.4) is 0 Å². The number of hydrogen-bond acceptors (Lipinski definition) is 5. The maximum Gasteiger partial charge on any atom is 1.00 e. The first-order valence-electron chi connectivity index (χ1n) is 6.52. The number of aliphatic carboxylic acids is 1. The van der Waals surface area contributed by atoms with Gasteiger partial charge in [-0.05, 0) is 29.5 Å². The van der Waals surface area contributed by atoms with Gasteiger partial charge in [0.25, 0.3) is 0 Å². The summed E-state index contributed by atoms with van der Waals surface area (Å²) in [5.74, 6) is 4.91. The predicted octanol–water partition coefficient (Wildman–Crippen LogP) is -1.93. The van der Waals surface area contributed by atoms with Gasteiger partial charge in [-0.15, -0.1) is 0 Å². The van der Waals surface area contributed by atoms with Gasteiger partial charge in [0.15, 0.2) is 0 Å². The second kappa shape index (κ2) is 8.29. The molecule has 3 aromatic rings. The quantitative estimate of drug-likeness (QED) is 0.412. The Kier molecular flexibility index (Phi) is 6.39. The number of fused-ring (bicyclic) bond motifs is 1. The summed E-state index contributed by atoms with van der Waals surface area (Å²) in [6.07, 6.45) is 1.86. The van der Waals surface area contributed by atoms with E-state index < -0.39 is 12.6 Å². The molecule has 0 aliphatic heterocycles. The Bertz CT molecular complexity index is 862. The van der Waals surface area contributed by atoms with Crippen molar-refractivity contribution in [1.29, 1.82) is 0 Å². The molecule has 3 rings (SSSR count). The van der Waals surface area contributed by atoms with Crippen LogP contribution in [0, 0.1) is 11.8 Å². The van der Waals surface area contributed by atoms with Crippen molar-refractivity contribution in [2.75, 3.05) is 6.61 Å². The molecule has 0 aliphatic carbocycles. The molecule has 0 aromatic carbocycles. The molecule has 0 amide bonds. The minimum absolute atomic E-state index is 0. The van der Waals surface area contributed by atoms with Gasteiger partial charge >= 0.3 is 29.6 Å². The number of ether oxygens (including phenoxy) is 1.